The number of amides is 1. The summed E-state index contributed by atoms with van der Waals surface area (Å²) in [4.78, 5) is 14.8. The summed E-state index contributed by atoms with van der Waals surface area (Å²) in [5.41, 5.74) is 0.0926. The lowest BCUT2D eigenvalue weighted by molar-refractivity contribution is -0.124. The van der Waals surface area contributed by atoms with Crippen molar-refractivity contribution in [2.75, 3.05) is 39.5 Å². The smallest absolute Gasteiger partial charge is 0.258 e. The van der Waals surface area contributed by atoms with Crippen LogP contribution in [0, 0.1) is 0 Å². The van der Waals surface area contributed by atoms with E-state index in [1.807, 2.05) is 24.3 Å². The summed E-state index contributed by atoms with van der Waals surface area (Å²) in [6, 6.07) is 7.52. The molecule has 1 saturated heterocycles. The largest absolute Gasteiger partial charge is 0.484 e. The molecule has 0 atom stereocenters. The van der Waals surface area contributed by atoms with Gasteiger partial charge in [0.1, 0.15) is 5.75 Å². The zero-order valence-corrected chi connectivity index (χ0v) is 17.4. The number of nitrogens with zero attached hydrogens (tertiary/aromatic N) is 1. The molecule has 7 heteroatoms. The van der Waals surface area contributed by atoms with Gasteiger partial charge in [-0.3, -0.25) is 9.69 Å². The Morgan fingerprint density at radius 1 is 1.15 bits per heavy atom. The molecule has 5 nitrogen and oxygen atoms in total. The van der Waals surface area contributed by atoms with Crippen LogP contribution in [0.5, 0.6) is 5.75 Å². The van der Waals surface area contributed by atoms with Gasteiger partial charge in [-0.2, -0.15) is 0 Å². The maximum absolute atomic E-state index is 12.3. The predicted molar refractivity (Wildman–Crippen MR) is 108 cm³/mol. The van der Waals surface area contributed by atoms with Crippen molar-refractivity contribution >= 4 is 34.2 Å². The molecular weight excluding hydrogens is 420 g/mol. The number of hydrogen-bond acceptors (Lipinski definition) is 4. The molecular formula is C19H28BrClN2O3. The highest BCUT2D eigenvalue weighted by molar-refractivity contribution is 9.10. The summed E-state index contributed by atoms with van der Waals surface area (Å²) >= 11 is 3.39. The second-order valence-electron chi connectivity index (χ2n) is 6.90. The first kappa shape index (κ1) is 21.5. The molecule has 2 aliphatic rings. The lowest BCUT2D eigenvalue weighted by Crippen LogP contribution is -2.60. The van der Waals surface area contributed by atoms with Crippen LogP contribution in [-0.2, 0) is 9.53 Å². The van der Waals surface area contributed by atoms with E-state index in [1.54, 1.807) is 0 Å². The summed E-state index contributed by atoms with van der Waals surface area (Å²) in [5, 5.41) is 3.12. The van der Waals surface area contributed by atoms with Gasteiger partial charge in [0.05, 0.1) is 13.2 Å². The second-order valence-corrected chi connectivity index (χ2v) is 7.82. The summed E-state index contributed by atoms with van der Waals surface area (Å²) in [6.07, 6.45) is 6.08. The molecule has 1 aromatic carbocycles. The first-order valence-electron chi connectivity index (χ1n) is 9.16. The number of hydrogen-bond donors (Lipinski definition) is 1. The number of ether oxygens (including phenoxy) is 2. The molecule has 1 amide bonds. The van der Waals surface area contributed by atoms with Crippen molar-refractivity contribution in [2.24, 2.45) is 0 Å². The molecule has 1 N–H and O–H groups in total. The molecule has 0 aromatic heterocycles. The van der Waals surface area contributed by atoms with Crippen LogP contribution in [0.15, 0.2) is 28.7 Å². The van der Waals surface area contributed by atoms with Crippen LogP contribution in [0.2, 0.25) is 0 Å². The Morgan fingerprint density at radius 3 is 2.46 bits per heavy atom. The summed E-state index contributed by atoms with van der Waals surface area (Å²) in [7, 11) is 0. The van der Waals surface area contributed by atoms with E-state index in [0.717, 1.165) is 43.6 Å². The molecule has 146 valence electrons. The lowest BCUT2D eigenvalue weighted by atomic mass is 9.79. The number of halogens is 2. The van der Waals surface area contributed by atoms with Crippen LogP contribution in [0.4, 0.5) is 0 Å². The minimum Gasteiger partial charge on any atom is -0.484 e. The topological polar surface area (TPSA) is 50.8 Å². The highest BCUT2D eigenvalue weighted by Crippen LogP contribution is 2.33. The van der Waals surface area contributed by atoms with Gasteiger partial charge in [0.25, 0.3) is 5.91 Å². The third-order valence-corrected chi connectivity index (χ3v) is 5.79. The summed E-state index contributed by atoms with van der Waals surface area (Å²) in [6.45, 7) is 4.28. The standard InChI is InChI=1S/C19H27BrN2O3.ClH/c20-16-4-6-17(7-5-16)25-14-18(23)21-15-19(8-2-1-3-9-19)22-10-12-24-13-11-22;/h4-7H,1-3,8-15H2,(H,21,23);1H. The molecule has 26 heavy (non-hydrogen) atoms. The Bertz CT molecular complexity index is 558. The van der Waals surface area contributed by atoms with Crippen molar-refractivity contribution < 1.29 is 14.3 Å². The molecule has 2 fully saturated rings. The van der Waals surface area contributed by atoms with Gasteiger partial charge in [0, 0.05) is 29.6 Å². The Kier molecular flexibility index (Phi) is 8.67. The Hall–Kier alpha value is -0.820. The van der Waals surface area contributed by atoms with Gasteiger partial charge in [-0.05, 0) is 37.1 Å². The van der Waals surface area contributed by atoms with Crippen molar-refractivity contribution in [1.29, 1.82) is 0 Å². The lowest BCUT2D eigenvalue weighted by Gasteiger charge is -2.48. The van der Waals surface area contributed by atoms with Gasteiger partial charge in [-0.15, -0.1) is 12.4 Å². The zero-order chi connectivity index (χ0) is 17.5. The molecule has 1 aromatic rings. The fourth-order valence-corrected chi connectivity index (χ4v) is 4.11. The maximum atomic E-state index is 12.3. The quantitative estimate of drug-likeness (QED) is 0.726. The van der Waals surface area contributed by atoms with Crippen LogP contribution >= 0.6 is 28.3 Å². The normalized spacial score (nSPS) is 20.0. The molecule has 1 aliphatic heterocycles. The molecule has 0 unspecified atom stereocenters. The van der Waals surface area contributed by atoms with E-state index in [0.29, 0.717) is 12.3 Å². The fraction of sp³-hybridized carbons (Fsp3) is 0.632. The van der Waals surface area contributed by atoms with E-state index in [-0.39, 0.29) is 30.5 Å². The molecule has 1 saturated carbocycles. The second kappa shape index (κ2) is 10.5. The van der Waals surface area contributed by atoms with E-state index >= 15 is 0 Å². The molecule has 1 aliphatic carbocycles. The minimum absolute atomic E-state index is 0. The minimum atomic E-state index is -0.0545. The SMILES string of the molecule is Cl.O=C(COc1ccc(Br)cc1)NCC1(N2CCOCC2)CCCCC1. The molecule has 0 bridgehead atoms. The van der Waals surface area contributed by atoms with Crippen LogP contribution in [0.1, 0.15) is 32.1 Å². The van der Waals surface area contributed by atoms with E-state index < -0.39 is 0 Å². The van der Waals surface area contributed by atoms with Crippen molar-refractivity contribution in [3.8, 4) is 5.75 Å². The van der Waals surface area contributed by atoms with E-state index in [4.69, 9.17) is 9.47 Å². The number of rotatable bonds is 6. The Balaban J connectivity index is 0.00000243. The van der Waals surface area contributed by atoms with Crippen LogP contribution in [0.25, 0.3) is 0 Å². The van der Waals surface area contributed by atoms with Gasteiger partial charge in [-0.25, -0.2) is 0 Å². The average molecular weight is 448 g/mol. The monoisotopic (exact) mass is 446 g/mol. The van der Waals surface area contributed by atoms with Gasteiger partial charge in [-0.1, -0.05) is 35.2 Å². The van der Waals surface area contributed by atoms with Crippen molar-refractivity contribution in [3.05, 3.63) is 28.7 Å². The highest BCUT2D eigenvalue weighted by Gasteiger charge is 2.38. The van der Waals surface area contributed by atoms with Crippen molar-refractivity contribution in [3.63, 3.8) is 0 Å². The summed E-state index contributed by atoms with van der Waals surface area (Å²) in [5.74, 6) is 0.653. The molecule has 0 radical (unpaired) electrons. The zero-order valence-electron chi connectivity index (χ0n) is 15.0. The highest BCUT2D eigenvalue weighted by atomic mass is 79.9. The van der Waals surface area contributed by atoms with Gasteiger partial charge in [0.15, 0.2) is 6.61 Å². The third kappa shape index (κ3) is 5.84. The first-order chi connectivity index (χ1) is 12.2. The number of benzene rings is 1. The number of nitrogens with one attached hydrogen (secondary N) is 1. The van der Waals surface area contributed by atoms with Crippen LogP contribution < -0.4 is 10.1 Å². The predicted octanol–water partition coefficient (Wildman–Crippen LogP) is 3.40. The van der Waals surface area contributed by atoms with E-state index in [1.165, 1.54) is 19.3 Å². The van der Waals surface area contributed by atoms with Gasteiger partial charge in [0.2, 0.25) is 0 Å². The van der Waals surface area contributed by atoms with Crippen LogP contribution in [-0.4, -0.2) is 55.8 Å². The molecule has 3 rings (SSSR count). The average Bonchev–Trinajstić information content (AvgIpc) is 2.67. The molecule has 1 heterocycles. The fourth-order valence-electron chi connectivity index (χ4n) is 3.85. The number of carbonyl (C=O) groups is 1. The van der Waals surface area contributed by atoms with Crippen molar-refractivity contribution in [1.82, 2.24) is 10.2 Å². The number of morpholine rings is 1. The summed E-state index contributed by atoms with van der Waals surface area (Å²) < 4.78 is 12.1. The van der Waals surface area contributed by atoms with Crippen molar-refractivity contribution in [2.45, 2.75) is 37.6 Å². The van der Waals surface area contributed by atoms with E-state index in [2.05, 4.69) is 26.1 Å². The maximum Gasteiger partial charge on any atom is 0.258 e. The first-order valence-corrected chi connectivity index (χ1v) is 9.95. The number of carbonyl (C=O) groups excluding carboxylic acids is 1. The van der Waals surface area contributed by atoms with E-state index in [9.17, 15) is 4.79 Å². The van der Waals surface area contributed by atoms with Crippen LogP contribution in [0.3, 0.4) is 0 Å². The molecule has 0 spiro atoms. The van der Waals surface area contributed by atoms with Gasteiger partial charge >= 0.3 is 0 Å². The Labute approximate surface area is 170 Å². The van der Waals surface area contributed by atoms with Gasteiger partial charge < -0.3 is 14.8 Å². The Morgan fingerprint density at radius 2 is 1.81 bits per heavy atom. The third-order valence-electron chi connectivity index (χ3n) is 5.26.